The minimum absolute atomic E-state index is 0. The average Bonchev–Trinajstić information content (AvgIpc) is 2.77. The number of amides is 1. The third-order valence-electron chi connectivity index (χ3n) is 3.21. The Morgan fingerprint density at radius 1 is 1.35 bits per heavy atom. The Hall–Kier alpha value is -1.24. The SMILES string of the molecule is Cl.O=C(Cc1ccc(F)c(F)c1)NCC1CNCC1O. The molecule has 112 valence electrons. The van der Waals surface area contributed by atoms with Crippen LogP contribution in [0.5, 0.6) is 0 Å². The van der Waals surface area contributed by atoms with E-state index in [0.717, 1.165) is 12.1 Å². The van der Waals surface area contributed by atoms with E-state index in [-0.39, 0.29) is 30.7 Å². The van der Waals surface area contributed by atoms with Crippen LogP contribution in [-0.2, 0) is 11.2 Å². The molecule has 0 saturated carbocycles. The highest BCUT2D eigenvalue weighted by Gasteiger charge is 2.24. The Morgan fingerprint density at radius 2 is 2.10 bits per heavy atom. The molecular weight excluding hydrogens is 290 g/mol. The molecular formula is C13H17ClF2N2O2. The van der Waals surface area contributed by atoms with Crippen molar-refractivity contribution in [3.05, 3.63) is 35.4 Å². The molecule has 2 atom stereocenters. The number of benzene rings is 1. The van der Waals surface area contributed by atoms with E-state index >= 15 is 0 Å². The molecule has 4 nitrogen and oxygen atoms in total. The van der Waals surface area contributed by atoms with Gasteiger partial charge in [-0.15, -0.1) is 12.4 Å². The fourth-order valence-corrected chi connectivity index (χ4v) is 2.07. The Labute approximate surface area is 122 Å². The summed E-state index contributed by atoms with van der Waals surface area (Å²) in [7, 11) is 0. The average molecular weight is 307 g/mol. The molecule has 1 aromatic carbocycles. The highest BCUT2D eigenvalue weighted by Crippen LogP contribution is 2.10. The molecule has 0 bridgehead atoms. The highest BCUT2D eigenvalue weighted by molar-refractivity contribution is 5.85. The molecule has 2 rings (SSSR count). The number of rotatable bonds is 4. The molecule has 0 spiro atoms. The summed E-state index contributed by atoms with van der Waals surface area (Å²) in [6, 6.07) is 3.40. The van der Waals surface area contributed by atoms with Gasteiger partial charge in [0.15, 0.2) is 11.6 Å². The van der Waals surface area contributed by atoms with Crippen molar-refractivity contribution in [1.29, 1.82) is 0 Å². The third kappa shape index (κ3) is 4.40. The summed E-state index contributed by atoms with van der Waals surface area (Å²) in [4.78, 5) is 11.6. The van der Waals surface area contributed by atoms with E-state index in [1.807, 2.05) is 0 Å². The first-order chi connectivity index (χ1) is 9.06. The van der Waals surface area contributed by atoms with Gasteiger partial charge in [0.25, 0.3) is 0 Å². The number of nitrogens with one attached hydrogen (secondary N) is 2. The Morgan fingerprint density at radius 3 is 2.70 bits per heavy atom. The Balaban J connectivity index is 0.00000200. The van der Waals surface area contributed by atoms with E-state index in [0.29, 0.717) is 25.2 Å². The number of carbonyl (C=O) groups is 1. The van der Waals surface area contributed by atoms with E-state index in [4.69, 9.17) is 0 Å². The van der Waals surface area contributed by atoms with Crippen LogP contribution in [0.15, 0.2) is 18.2 Å². The number of halogens is 3. The second-order valence-corrected chi connectivity index (χ2v) is 4.71. The lowest BCUT2D eigenvalue weighted by Crippen LogP contribution is -2.35. The van der Waals surface area contributed by atoms with Gasteiger partial charge in [-0.05, 0) is 17.7 Å². The van der Waals surface area contributed by atoms with Crippen LogP contribution >= 0.6 is 12.4 Å². The second kappa shape index (κ2) is 7.52. The normalized spacial score (nSPS) is 21.4. The summed E-state index contributed by atoms with van der Waals surface area (Å²) in [6.07, 6.45) is -0.462. The van der Waals surface area contributed by atoms with E-state index in [9.17, 15) is 18.7 Å². The van der Waals surface area contributed by atoms with Crippen molar-refractivity contribution in [3.63, 3.8) is 0 Å². The summed E-state index contributed by atoms with van der Waals surface area (Å²) >= 11 is 0. The zero-order valence-corrected chi connectivity index (χ0v) is 11.6. The van der Waals surface area contributed by atoms with E-state index < -0.39 is 17.7 Å². The van der Waals surface area contributed by atoms with E-state index in [2.05, 4.69) is 10.6 Å². The molecule has 0 radical (unpaired) electrons. The van der Waals surface area contributed by atoms with Crippen molar-refractivity contribution >= 4 is 18.3 Å². The number of hydrogen-bond donors (Lipinski definition) is 3. The van der Waals surface area contributed by atoms with Crippen LogP contribution in [0.3, 0.4) is 0 Å². The summed E-state index contributed by atoms with van der Waals surface area (Å²) in [5.74, 6) is -2.16. The monoisotopic (exact) mass is 306 g/mol. The van der Waals surface area contributed by atoms with Crippen molar-refractivity contribution in [2.75, 3.05) is 19.6 Å². The molecule has 1 amide bonds. The summed E-state index contributed by atoms with van der Waals surface area (Å²) < 4.78 is 25.7. The first-order valence-electron chi connectivity index (χ1n) is 6.15. The van der Waals surface area contributed by atoms with Gasteiger partial charge in [-0.25, -0.2) is 8.78 Å². The number of aliphatic hydroxyl groups is 1. The molecule has 0 aromatic heterocycles. The van der Waals surface area contributed by atoms with E-state index in [1.54, 1.807) is 0 Å². The second-order valence-electron chi connectivity index (χ2n) is 4.71. The zero-order valence-electron chi connectivity index (χ0n) is 10.7. The smallest absolute Gasteiger partial charge is 0.224 e. The summed E-state index contributed by atoms with van der Waals surface area (Å²) in [6.45, 7) is 1.56. The quantitative estimate of drug-likeness (QED) is 0.764. The highest BCUT2D eigenvalue weighted by atomic mass is 35.5. The minimum Gasteiger partial charge on any atom is -0.391 e. The zero-order chi connectivity index (χ0) is 13.8. The van der Waals surface area contributed by atoms with Crippen LogP contribution in [0.4, 0.5) is 8.78 Å². The van der Waals surface area contributed by atoms with Crippen LogP contribution in [0.1, 0.15) is 5.56 Å². The molecule has 0 aliphatic carbocycles. The first-order valence-corrected chi connectivity index (χ1v) is 6.15. The first kappa shape index (κ1) is 16.8. The van der Waals surface area contributed by atoms with Gasteiger partial charge in [0.2, 0.25) is 5.91 Å². The number of β-amino-alcohol motifs (C(OH)–C–C–N with tert-alkyl or cyclic N) is 1. The van der Waals surface area contributed by atoms with Gasteiger partial charge in [0, 0.05) is 25.6 Å². The minimum atomic E-state index is -0.958. The maximum atomic E-state index is 13.0. The fraction of sp³-hybridized carbons (Fsp3) is 0.462. The van der Waals surface area contributed by atoms with Crippen LogP contribution in [0.2, 0.25) is 0 Å². The lowest BCUT2D eigenvalue weighted by Gasteiger charge is -2.14. The molecule has 1 saturated heterocycles. The molecule has 1 aliphatic rings. The van der Waals surface area contributed by atoms with Crippen LogP contribution in [0.25, 0.3) is 0 Å². The molecule has 1 fully saturated rings. The molecule has 20 heavy (non-hydrogen) atoms. The van der Waals surface area contributed by atoms with Crippen molar-refractivity contribution in [1.82, 2.24) is 10.6 Å². The van der Waals surface area contributed by atoms with Gasteiger partial charge in [-0.3, -0.25) is 4.79 Å². The predicted octanol–water partition coefficient (Wildman–Crippen LogP) is 0.626. The summed E-state index contributed by atoms with van der Waals surface area (Å²) in [5, 5.41) is 15.3. The van der Waals surface area contributed by atoms with Crippen molar-refractivity contribution in [3.8, 4) is 0 Å². The van der Waals surface area contributed by atoms with Gasteiger partial charge in [-0.1, -0.05) is 6.07 Å². The van der Waals surface area contributed by atoms with Crippen molar-refractivity contribution in [2.45, 2.75) is 12.5 Å². The largest absolute Gasteiger partial charge is 0.391 e. The molecule has 1 aliphatic heterocycles. The summed E-state index contributed by atoms with van der Waals surface area (Å²) in [5.41, 5.74) is 0.418. The standard InChI is InChI=1S/C13H16F2N2O2.ClH/c14-10-2-1-8(3-11(10)15)4-13(19)17-6-9-5-16-7-12(9)18;/h1-3,9,12,16,18H,4-7H2,(H,17,19);1H. The molecule has 7 heteroatoms. The number of aliphatic hydroxyl groups excluding tert-OH is 1. The maximum absolute atomic E-state index is 13.0. The number of carbonyl (C=O) groups excluding carboxylic acids is 1. The van der Waals surface area contributed by atoms with Gasteiger partial charge in [0.05, 0.1) is 12.5 Å². The molecule has 2 unspecified atom stereocenters. The topological polar surface area (TPSA) is 61.4 Å². The van der Waals surface area contributed by atoms with Gasteiger partial charge in [-0.2, -0.15) is 0 Å². The molecule has 1 aromatic rings. The fourth-order valence-electron chi connectivity index (χ4n) is 2.07. The Kier molecular flexibility index (Phi) is 6.32. The predicted molar refractivity (Wildman–Crippen MR) is 72.7 cm³/mol. The van der Waals surface area contributed by atoms with Crippen LogP contribution < -0.4 is 10.6 Å². The van der Waals surface area contributed by atoms with Crippen molar-refractivity contribution < 1.29 is 18.7 Å². The maximum Gasteiger partial charge on any atom is 0.224 e. The van der Waals surface area contributed by atoms with Gasteiger partial charge in [0.1, 0.15) is 0 Å². The molecule has 3 N–H and O–H groups in total. The van der Waals surface area contributed by atoms with E-state index in [1.165, 1.54) is 6.07 Å². The van der Waals surface area contributed by atoms with Crippen LogP contribution in [-0.4, -0.2) is 36.8 Å². The lowest BCUT2D eigenvalue weighted by molar-refractivity contribution is -0.120. The van der Waals surface area contributed by atoms with Crippen molar-refractivity contribution in [2.24, 2.45) is 5.92 Å². The van der Waals surface area contributed by atoms with Gasteiger partial charge >= 0.3 is 0 Å². The molecule has 1 heterocycles. The third-order valence-corrected chi connectivity index (χ3v) is 3.21. The Bertz CT molecular complexity index is 474. The lowest BCUT2D eigenvalue weighted by atomic mass is 10.1. The van der Waals surface area contributed by atoms with Crippen LogP contribution in [0, 0.1) is 17.6 Å². The van der Waals surface area contributed by atoms with Gasteiger partial charge < -0.3 is 15.7 Å². The number of hydrogen-bond acceptors (Lipinski definition) is 3.